The largest absolute Gasteiger partial charge is 0.192 e. The summed E-state index contributed by atoms with van der Waals surface area (Å²) in [6.45, 7) is 0. The van der Waals surface area contributed by atoms with Crippen LogP contribution in [0.2, 0.25) is 0 Å². The highest BCUT2D eigenvalue weighted by Crippen LogP contribution is 2.55. The summed E-state index contributed by atoms with van der Waals surface area (Å²) >= 11 is 0. The molecule has 0 saturated carbocycles. The van der Waals surface area contributed by atoms with Crippen molar-refractivity contribution in [3.63, 3.8) is 0 Å². The monoisotopic (exact) mass is 530 g/mol. The summed E-state index contributed by atoms with van der Waals surface area (Å²) in [5.41, 5.74) is 13.0. The number of nitrogens with zero attached hydrogens (tertiary/aromatic N) is 2. The summed E-state index contributed by atoms with van der Waals surface area (Å²) in [6, 6.07) is 50.9. The van der Waals surface area contributed by atoms with Crippen molar-refractivity contribution in [2.24, 2.45) is 0 Å². The van der Waals surface area contributed by atoms with E-state index in [2.05, 4.69) is 97.1 Å². The molecule has 1 aliphatic carbocycles. The quantitative estimate of drug-likeness (QED) is 0.228. The predicted molar refractivity (Wildman–Crippen MR) is 172 cm³/mol. The van der Waals surface area contributed by atoms with E-state index in [4.69, 9.17) is 0 Å². The molecule has 2 nitrogen and oxygen atoms in total. The van der Waals surface area contributed by atoms with Crippen molar-refractivity contribution < 1.29 is 0 Å². The average Bonchev–Trinajstić information content (AvgIpc) is 3.40. The molecule has 0 fully saturated rings. The normalized spacial score (nSPS) is 11.3. The lowest BCUT2D eigenvalue weighted by Crippen LogP contribution is -1.90. The molecule has 0 aliphatic heterocycles. The Bertz CT molecular complexity index is 2200. The van der Waals surface area contributed by atoms with Crippen LogP contribution >= 0.6 is 0 Å². The lowest BCUT2D eigenvalue weighted by molar-refractivity contribution is 1.48. The maximum atomic E-state index is 9.39. The molecule has 0 radical (unpaired) electrons. The van der Waals surface area contributed by atoms with Crippen LogP contribution in [0.25, 0.3) is 77.2 Å². The lowest BCUT2D eigenvalue weighted by atomic mass is 9.87. The van der Waals surface area contributed by atoms with Gasteiger partial charge < -0.3 is 0 Å². The molecule has 0 N–H and O–H groups in total. The zero-order valence-corrected chi connectivity index (χ0v) is 22.6. The molecule has 0 spiro atoms. The maximum absolute atomic E-state index is 9.39. The predicted octanol–water partition coefficient (Wildman–Crippen LogP) is 10.4. The first-order valence-corrected chi connectivity index (χ1v) is 14.0. The zero-order valence-electron chi connectivity index (χ0n) is 22.6. The topological polar surface area (TPSA) is 47.6 Å². The first-order valence-electron chi connectivity index (χ1n) is 14.0. The highest BCUT2D eigenvalue weighted by molar-refractivity contribution is 6.24. The van der Waals surface area contributed by atoms with E-state index in [1.807, 2.05) is 48.5 Å². The highest BCUT2D eigenvalue weighted by Gasteiger charge is 2.28. The van der Waals surface area contributed by atoms with Gasteiger partial charge in [0.1, 0.15) is 0 Å². The van der Waals surface area contributed by atoms with Gasteiger partial charge in [0, 0.05) is 0 Å². The van der Waals surface area contributed by atoms with Gasteiger partial charge in [0.05, 0.1) is 23.3 Å². The second-order valence-electron chi connectivity index (χ2n) is 10.7. The van der Waals surface area contributed by atoms with Crippen LogP contribution in [0.3, 0.4) is 0 Å². The molecule has 2 heteroatoms. The molecule has 0 bridgehead atoms. The van der Waals surface area contributed by atoms with Gasteiger partial charge >= 0.3 is 0 Å². The molecular formula is C40H22N2. The van der Waals surface area contributed by atoms with Crippen molar-refractivity contribution in [2.75, 3.05) is 0 Å². The molecule has 0 amide bonds. The second kappa shape index (κ2) is 9.31. The van der Waals surface area contributed by atoms with Gasteiger partial charge in [0.15, 0.2) is 0 Å². The second-order valence-corrected chi connectivity index (χ2v) is 10.7. The number of hydrogen-bond donors (Lipinski definition) is 0. The van der Waals surface area contributed by atoms with E-state index in [1.54, 1.807) is 0 Å². The van der Waals surface area contributed by atoms with Crippen molar-refractivity contribution >= 4 is 21.5 Å². The Hall–Kier alpha value is -5.96. The minimum Gasteiger partial charge on any atom is -0.192 e. The molecule has 0 unspecified atom stereocenters. The third-order valence-corrected chi connectivity index (χ3v) is 8.51. The summed E-state index contributed by atoms with van der Waals surface area (Å²) in [5, 5.41) is 23.7. The van der Waals surface area contributed by atoms with Gasteiger partial charge in [0.25, 0.3) is 0 Å². The Labute approximate surface area is 244 Å². The Morgan fingerprint density at radius 2 is 0.810 bits per heavy atom. The molecule has 7 aromatic rings. The molecule has 0 aromatic heterocycles. The molecule has 0 heterocycles. The lowest BCUT2D eigenvalue weighted by Gasteiger charge is -2.16. The van der Waals surface area contributed by atoms with Gasteiger partial charge in [0.2, 0.25) is 0 Å². The van der Waals surface area contributed by atoms with Crippen molar-refractivity contribution in [1.82, 2.24) is 0 Å². The highest BCUT2D eigenvalue weighted by atomic mass is 14.3. The standard InChI is InChI=1S/C40H22N2/c41-23-25-11-15-28(16-12-25)31-19-20-32(29-17-13-26(24-42)14-18-29)40-37-22-21-34(35-9-4-10-36(38(35)37)39(31)40)33-8-3-6-27-5-1-2-7-30(27)33/h1-22H. The number of fused-ring (bicyclic) bond motifs is 4. The Morgan fingerprint density at radius 1 is 0.357 bits per heavy atom. The van der Waals surface area contributed by atoms with Gasteiger partial charge in [-0.2, -0.15) is 10.5 Å². The maximum Gasteiger partial charge on any atom is 0.0991 e. The summed E-state index contributed by atoms with van der Waals surface area (Å²) in [5.74, 6) is 0. The van der Waals surface area contributed by atoms with E-state index in [-0.39, 0.29) is 0 Å². The van der Waals surface area contributed by atoms with Crippen molar-refractivity contribution in [2.45, 2.75) is 0 Å². The summed E-state index contributed by atoms with van der Waals surface area (Å²) in [4.78, 5) is 0. The third kappa shape index (κ3) is 3.50. The zero-order chi connectivity index (χ0) is 28.2. The van der Waals surface area contributed by atoms with Crippen LogP contribution in [0.15, 0.2) is 133 Å². The van der Waals surface area contributed by atoms with Gasteiger partial charge in [-0.3, -0.25) is 0 Å². The summed E-state index contributed by atoms with van der Waals surface area (Å²) in [7, 11) is 0. The van der Waals surface area contributed by atoms with Crippen LogP contribution in [-0.4, -0.2) is 0 Å². The molecule has 0 atom stereocenters. The number of benzene rings is 7. The molecule has 192 valence electrons. The van der Waals surface area contributed by atoms with Crippen molar-refractivity contribution in [1.29, 1.82) is 10.5 Å². The van der Waals surface area contributed by atoms with Gasteiger partial charge in [-0.15, -0.1) is 0 Å². The Kier molecular flexibility index (Phi) is 5.29. The van der Waals surface area contributed by atoms with Gasteiger partial charge in [-0.25, -0.2) is 0 Å². The van der Waals surface area contributed by atoms with E-state index in [0.29, 0.717) is 11.1 Å². The molecule has 8 rings (SSSR count). The number of nitriles is 2. The first kappa shape index (κ1) is 23.9. The van der Waals surface area contributed by atoms with Crippen LogP contribution in [0.4, 0.5) is 0 Å². The SMILES string of the molecule is N#Cc1ccc(-c2ccc(-c3ccc(C#N)cc3)c3c2-c2cccc4c(-c5cccc6ccccc56)ccc-3c24)cc1. The van der Waals surface area contributed by atoms with E-state index in [1.165, 1.54) is 54.9 Å². The van der Waals surface area contributed by atoms with Crippen LogP contribution in [-0.2, 0) is 0 Å². The molecule has 0 saturated heterocycles. The van der Waals surface area contributed by atoms with Gasteiger partial charge in [-0.05, 0) is 101 Å². The molecular weight excluding hydrogens is 508 g/mol. The van der Waals surface area contributed by atoms with Gasteiger partial charge in [-0.1, -0.05) is 109 Å². The number of hydrogen-bond acceptors (Lipinski definition) is 2. The third-order valence-electron chi connectivity index (χ3n) is 8.51. The Morgan fingerprint density at radius 3 is 1.45 bits per heavy atom. The molecule has 7 aromatic carbocycles. The van der Waals surface area contributed by atoms with Crippen LogP contribution in [0.5, 0.6) is 0 Å². The first-order chi connectivity index (χ1) is 20.7. The minimum atomic E-state index is 0.648. The average molecular weight is 531 g/mol. The van der Waals surface area contributed by atoms with E-state index in [9.17, 15) is 10.5 Å². The van der Waals surface area contributed by atoms with Crippen LogP contribution in [0, 0.1) is 22.7 Å². The van der Waals surface area contributed by atoms with E-state index >= 15 is 0 Å². The fourth-order valence-electron chi connectivity index (χ4n) is 6.61. The summed E-state index contributed by atoms with van der Waals surface area (Å²) in [6.07, 6.45) is 0. The molecule has 1 aliphatic rings. The van der Waals surface area contributed by atoms with Crippen LogP contribution < -0.4 is 0 Å². The van der Waals surface area contributed by atoms with E-state index < -0.39 is 0 Å². The van der Waals surface area contributed by atoms with E-state index in [0.717, 1.165) is 22.3 Å². The smallest absolute Gasteiger partial charge is 0.0991 e. The minimum absolute atomic E-state index is 0.648. The van der Waals surface area contributed by atoms with Crippen LogP contribution in [0.1, 0.15) is 11.1 Å². The summed E-state index contributed by atoms with van der Waals surface area (Å²) < 4.78 is 0. The fraction of sp³-hybridized carbons (Fsp3) is 0. The number of rotatable bonds is 3. The Balaban J connectivity index is 1.44. The van der Waals surface area contributed by atoms with Crippen molar-refractivity contribution in [3.8, 4) is 67.8 Å². The molecule has 42 heavy (non-hydrogen) atoms. The fourth-order valence-corrected chi connectivity index (χ4v) is 6.61. The van der Waals surface area contributed by atoms with Crippen molar-refractivity contribution in [3.05, 3.63) is 145 Å².